The Hall–Kier alpha value is -2.76. The topological polar surface area (TPSA) is 50.7 Å². The van der Waals surface area contributed by atoms with Crippen molar-refractivity contribution in [1.82, 2.24) is 5.43 Å². The molecule has 23 heavy (non-hydrogen) atoms. The predicted molar refractivity (Wildman–Crippen MR) is 83.5 cm³/mol. The average molecular weight is 318 g/mol. The van der Waals surface area contributed by atoms with Gasteiger partial charge in [-0.1, -0.05) is 18.2 Å². The van der Waals surface area contributed by atoms with Crippen LogP contribution in [0.25, 0.3) is 0 Å². The van der Waals surface area contributed by atoms with Gasteiger partial charge in [-0.2, -0.15) is 5.10 Å². The van der Waals surface area contributed by atoms with E-state index in [9.17, 15) is 13.6 Å². The van der Waals surface area contributed by atoms with Crippen LogP contribution >= 0.6 is 0 Å². The van der Waals surface area contributed by atoms with Crippen molar-refractivity contribution in [2.24, 2.45) is 5.10 Å². The molecule has 0 aromatic heterocycles. The predicted octanol–water partition coefficient (Wildman–Crippen LogP) is 3.11. The first-order chi connectivity index (χ1) is 11.0. The molecule has 2 aromatic rings. The van der Waals surface area contributed by atoms with Gasteiger partial charge in [-0.15, -0.1) is 0 Å². The fraction of sp³-hybridized carbons (Fsp3) is 0.176. The van der Waals surface area contributed by atoms with Gasteiger partial charge in [0.25, 0.3) is 5.91 Å². The number of carbonyl (C=O) groups excluding carboxylic acids is 1. The number of aryl methyl sites for hydroxylation is 2. The third-order valence-corrected chi connectivity index (χ3v) is 2.94. The number of nitrogens with one attached hydrogen (secondary N) is 1. The van der Waals surface area contributed by atoms with Gasteiger partial charge >= 0.3 is 0 Å². The molecule has 0 radical (unpaired) electrons. The molecule has 0 unspecified atom stereocenters. The van der Waals surface area contributed by atoms with Crippen LogP contribution in [0.5, 0.6) is 5.75 Å². The summed E-state index contributed by atoms with van der Waals surface area (Å²) in [5, 5.41) is 3.58. The molecule has 120 valence electrons. The smallest absolute Gasteiger partial charge is 0.277 e. The minimum Gasteiger partial charge on any atom is -0.484 e. The molecular formula is C17H16F2N2O2. The first kappa shape index (κ1) is 16.6. The zero-order chi connectivity index (χ0) is 16.8. The molecule has 0 heterocycles. The van der Waals surface area contributed by atoms with Gasteiger partial charge in [0.15, 0.2) is 18.2 Å². The van der Waals surface area contributed by atoms with Gasteiger partial charge in [-0.05, 0) is 43.2 Å². The van der Waals surface area contributed by atoms with Crippen LogP contribution < -0.4 is 10.2 Å². The van der Waals surface area contributed by atoms with Crippen LogP contribution in [-0.4, -0.2) is 18.7 Å². The lowest BCUT2D eigenvalue weighted by Crippen LogP contribution is -2.24. The molecule has 0 aliphatic carbocycles. The molecule has 0 atom stereocenters. The molecule has 1 amide bonds. The highest BCUT2D eigenvalue weighted by Crippen LogP contribution is 2.15. The highest BCUT2D eigenvalue weighted by Gasteiger charge is 2.06. The van der Waals surface area contributed by atoms with Crippen LogP contribution in [0.4, 0.5) is 8.78 Å². The van der Waals surface area contributed by atoms with Gasteiger partial charge in [0, 0.05) is 5.56 Å². The first-order valence-electron chi connectivity index (χ1n) is 6.92. The van der Waals surface area contributed by atoms with Gasteiger partial charge in [0.2, 0.25) is 0 Å². The van der Waals surface area contributed by atoms with E-state index in [1.165, 1.54) is 12.1 Å². The molecule has 0 saturated heterocycles. The summed E-state index contributed by atoms with van der Waals surface area (Å²) in [7, 11) is 0. The van der Waals surface area contributed by atoms with Crippen molar-refractivity contribution >= 4 is 12.1 Å². The third kappa shape index (κ3) is 4.88. The Balaban J connectivity index is 1.87. The van der Waals surface area contributed by atoms with E-state index < -0.39 is 17.5 Å². The van der Waals surface area contributed by atoms with E-state index in [1.807, 2.05) is 32.0 Å². The van der Waals surface area contributed by atoms with E-state index in [2.05, 4.69) is 10.5 Å². The Kier molecular flexibility index (Phi) is 5.41. The van der Waals surface area contributed by atoms with Crippen molar-refractivity contribution < 1.29 is 18.3 Å². The Bertz CT molecular complexity index is 725. The van der Waals surface area contributed by atoms with Gasteiger partial charge in [-0.25, -0.2) is 14.2 Å². The average Bonchev–Trinajstić information content (AvgIpc) is 2.48. The largest absolute Gasteiger partial charge is 0.484 e. The minimum absolute atomic E-state index is 0.0551. The molecule has 2 rings (SSSR count). The van der Waals surface area contributed by atoms with Crippen molar-refractivity contribution in [3.8, 4) is 5.75 Å². The molecule has 0 spiro atoms. The summed E-state index contributed by atoms with van der Waals surface area (Å²) in [5.41, 5.74) is 4.19. The van der Waals surface area contributed by atoms with Crippen LogP contribution in [0.3, 0.4) is 0 Å². The molecule has 2 aromatic carbocycles. The number of hydrazone groups is 1. The number of nitrogens with zero attached hydrogens (tertiary/aromatic N) is 1. The Labute approximate surface area is 132 Å². The highest BCUT2D eigenvalue weighted by molar-refractivity contribution is 5.83. The number of ether oxygens (including phenoxy) is 1. The second-order valence-electron chi connectivity index (χ2n) is 5.05. The molecule has 0 aliphatic heterocycles. The lowest BCUT2D eigenvalue weighted by molar-refractivity contribution is -0.123. The molecule has 0 bridgehead atoms. The fourth-order valence-electron chi connectivity index (χ4n) is 1.99. The van der Waals surface area contributed by atoms with E-state index in [0.29, 0.717) is 5.75 Å². The molecule has 0 aliphatic rings. The lowest BCUT2D eigenvalue weighted by Gasteiger charge is -2.07. The van der Waals surface area contributed by atoms with Crippen LogP contribution in [0, 0.1) is 25.5 Å². The Morgan fingerprint density at radius 2 is 1.91 bits per heavy atom. The molecule has 1 N–H and O–H groups in total. The summed E-state index contributed by atoms with van der Waals surface area (Å²) >= 11 is 0. The number of halogens is 2. The number of amides is 1. The van der Waals surface area contributed by atoms with Crippen molar-refractivity contribution in [2.75, 3.05) is 6.61 Å². The monoisotopic (exact) mass is 318 g/mol. The normalized spacial score (nSPS) is 10.8. The van der Waals surface area contributed by atoms with E-state index in [1.54, 1.807) is 0 Å². The number of hydrogen-bond acceptors (Lipinski definition) is 3. The summed E-state index contributed by atoms with van der Waals surface area (Å²) in [6.45, 7) is 3.63. The van der Waals surface area contributed by atoms with Crippen molar-refractivity contribution in [3.63, 3.8) is 0 Å². The van der Waals surface area contributed by atoms with Crippen LogP contribution in [0.15, 0.2) is 41.5 Å². The maximum Gasteiger partial charge on any atom is 0.277 e. The maximum absolute atomic E-state index is 13.4. The molecular weight excluding hydrogens is 302 g/mol. The Morgan fingerprint density at radius 1 is 1.22 bits per heavy atom. The fourth-order valence-corrected chi connectivity index (χ4v) is 1.99. The summed E-state index contributed by atoms with van der Waals surface area (Å²) in [6, 6.07) is 9.32. The van der Waals surface area contributed by atoms with Crippen molar-refractivity contribution in [3.05, 3.63) is 64.7 Å². The minimum atomic E-state index is -1.02. The SMILES string of the molecule is Cc1cc(C)cc(OCC(=O)N/N=C/c2cccc(F)c2F)c1. The van der Waals surface area contributed by atoms with Crippen molar-refractivity contribution in [2.45, 2.75) is 13.8 Å². The highest BCUT2D eigenvalue weighted by atomic mass is 19.2. The first-order valence-corrected chi connectivity index (χ1v) is 6.92. The van der Waals surface area contributed by atoms with Crippen molar-refractivity contribution in [1.29, 1.82) is 0 Å². The molecule has 4 nitrogen and oxygen atoms in total. The van der Waals surface area contributed by atoms with E-state index in [-0.39, 0.29) is 12.2 Å². The lowest BCUT2D eigenvalue weighted by atomic mass is 10.1. The quantitative estimate of drug-likeness (QED) is 0.680. The summed E-state index contributed by atoms with van der Waals surface area (Å²) in [6.07, 6.45) is 1.03. The van der Waals surface area contributed by atoms with Gasteiger partial charge < -0.3 is 4.74 Å². The number of hydrogen-bond donors (Lipinski definition) is 1. The second kappa shape index (κ2) is 7.49. The summed E-state index contributed by atoms with van der Waals surface area (Å²) < 4.78 is 31.7. The summed E-state index contributed by atoms with van der Waals surface area (Å²) in [4.78, 5) is 11.6. The second-order valence-corrected chi connectivity index (χ2v) is 5.05. The van der Waals surface area contributed by atoms with Crippen LogP contribution in [0.1, 0.15) is 16.7 Å². The van der Waals surface area contributed by atoms with E-state index in [0.717, 1.165) is 23.4 Å². The Morgan fingerprint density at radius 3 is 2.61 bits per heavy atom. The number of benzene rings is 2. The zero-order valence-electron chi connectivity index (χ0n) is 12.8. The van der Waals surface area contributed by atoms with Gasteiger partial charge in [0.05, 0.1) is 6.21 Å². The number of carbonyl (C=O) groups is 1. The number of rotatable bonds is 5. The molecule has 0 saturated carbocycles. The van der Waals surface area contributed by atoms with E-state index >= 15 is 0 Å². The van der Waals surface area contributed by atoms with Crippen LogP contribution in [0.2, 0.25) is 0 Å². The summed E-state index contributed by atoms with van der Waals surface area (Å²) in [5.74, 6) is -1.91. The van der Waals surface area contributed by atoms with Crippen LogP contribution in [-0.2, 0) is 4.79 Å². The standard InChI is InChI=1S/C17H16F2N2O2/c1-11-6-12(2)8-14(7-11)23-10-16(22)21-20-9-13-4-3-5-15(18)17(13)19/h3-9H,10H2,1-2H3,(H,21,22)/b20-9+. The third-order valence-electron chi connectivity index (χ3n) is 2.94. The van der Waals surface area contributed by atoms with Gasteiger partial charge in [0.1, 0.15) is 5.75 Å². The van der Waals surface area contributed by atoms with E-state index in [4.69, 9.17) is 4.74 Å². The molecule has 0 fully saturated rings. The maximum atomic E-state index is 13.4. The zero-order valence-corrected chi connectivity index (χ0v) is 12.8. The van der Waals surface area contributed by atoms with Gasteiger partial charge in [-0.3, -0.25) is 4.79 Å². The molecule has 6 heteroatoms.